The van der Waals surface area contributed by atoms with Gasteiger partial charge in [-0.2, -0.15) is 0 Å². The number of likely N-dealkylation sites (tertiary alicyclic amines) is 1. The first-order valence-electron chi connectivity index (χ1n) is 8.65. The molecule has 2 rings (SSSR count). The van der Waals surface area contributed by atoms with Gasteiger partial charge in [0, 0.05) is 18.2 Å². The Morgan fingerprint density at radius 2 is 2.04 bits per heavy atom. The van der Waals surface area contributed by atoms with E-state index in [4.69, 9.17) is 0 Å². The Balaban J connectivity index is 1.76. The quantitative estimate of drug-likeness (QED) is 0.812. The highest BCUT2D eigenvalue weighted by molar-refractivity contribution is 5.94. The number of carbonyl (C=O) groups excluding carboxylic acids is 1. The van der Waals surface area contributed by atoms with Gasteiger partial charge in [0.2, 0.25) is 0 Å². The number of nitrogens with zero attached hydrogens (tertiary/aromatic N) is 1. The largest absolute Gasteiger partial charge is 0.390 e. The molecule has 0 aromatic heterocycles. The summed E-state index contributed by atoms with van der Waals surface area (Å²) in [5.74, 6) is -0.000289. The highest BCUT2D eigenvalue weighted by Crippen LogP contribution is 2.17. The van der Waals surface area contributed by atoms with Gasteiger partial charge >= 0.3 is 0 Å². The molecule has 1 aromatic carbocycles. The molecule has 4 heteroatoms. The van der Waals surface area contributed by atoms with Crippen LogP contribution in [0.5, 0.6) is 0 Å². The molecule has 0 spiro atoms. The lowest BCUT2D eigenvalue weighted by Gasteiger charge is -2.19. The van der Waals surface area contributed by atoms with E-state index in [2.05, 4.69) is 17.3 Å². The second-order valence-electron chi connectivity index (χ2n) is 7.33. The summed E-state index contributed by atoms with van der Waals surface area (Å²) in [5.41, 5.74) is 1.21. The standard InChI is InChI=1S/C19H30N2O2/c1-19(2,23)12-10-15-6-8-16(9-7-15)18(22)20-13-11-17-5-4-14-21(17)3/h6-9,17,23H,4-5,10-14H2,1-3H3,(H,20,22)/t17-/m0/s1. The Morgan fingerprint density at radius 1 is 1.35 bits per heavy atom. The number of carbonyl (C=O) groups is 1. The molecule has 2 N–H and O–H groups in total. The van der Waals surface area contributed by atoms with Crippen molar-refractivity contribution in [3.8, 4) is 0 Å². The normalized spacial score (nSPS) is 19.0. The summed E-state index contributed by atoms with van der Waals surface area (Å²) in [6, 6.07) is 8.31. The maximum atomic E-state index is 12.2. The smallest absolute Gasteiger partial charge is 0.251 e. The van der Waals surface area contributed by atoms with Crippen LogP contribution in [0.3, 0.4) is 0 Å². The van der Waals surface area contributed by atoms with Crippen LogP contribution in [0.2, 0.25) is 0 Å². The average Bonchev–Trinajstić information content (AvgIpc) is 2.90. The highest BCUT2D eigenvalue weighted by atomic mass is 16.3. The molecule has 4 nitrogen and oxygen atoms in total. The van der Waals surface area contributed by atoms with E-state index in [0.717, 1.165) is 24.9 Å². The van der Waals surface area contributed by atoms with Gasteiger partial charge in [-0.15, -0.1) is 0 Å². The molecule has 1 aliphatic heterocycles. The van der Waals surface area contributed by atoms with Gasteiger partial charge in [0.15, 0.2) is 0 Å². The van der Waals surface area contributed by atoms with Gasteiger partial charge in [-0.3, -0.25) is 4.79 Å². The zero-order chi connectivity index (χ0) is 16.9. The van der Waals surface area contributed by atoms with Crippen molar-refractivity contribution >= 4 is 5.91 Å². The van der Waals surface area contributed by atoms with Gasteiger partial charge in [0.25, 0.3) is 5.91 Å². The third-order valence-corrected chi connectivity index (χ3v) is 4.68. The SMILES string of the molecule is CN1CCC[C@H]1CCNC(=O)c1ccc(CCC(C)(C)O)cc1. The molecule has 1 amide bonds. The fraction of sp³-hybridized carbons (Fsp3) is 0.632. The first-order chi connectivity index (χ1) is 10.8. The molecule has 0 unspecified atom stereocenters. The minimum atomic E-state index is -0.649. The lowest BCUT2D eigenvalue weighted by atomic mass is 9.98. The lowest BCUT2D eigenvalue weighted by Crippen LogP contribution is -2.31. The van der Waals surface area contributed by atoms with E-state index in [-0.39, 0.29) is 5.91 Å². The average molecular weight is 318 g/mol. The monoisotopic (exact) mass is 318 g/mol. The number of benzene rings is 1. The Hall–Kier alpha value is -1.39. The predicted octanol–water partition coefficient (Wildman–Crippen LogP) is 2.60. The van der Waals surface area contributed by atoms with Crippen LogP contribution in [0.1, 0.15) is 55.5 Å². The molecule has 1 aliphatic rings. The molecule has 0 aliphatic carbocycles. The number of aliphatic hydroxyl groups is 1. The Morgan fingerprint density at radius 3 is 2.61 bits per heavy atom. The molecular formula is C19H30N2O2. The van der Waals surface area contributed by atoms with Gasteiger partial charge in [-0.05, 0) is 77.2 Å². The van der Waals surface area contributed by atoms with Crippen LogP contribution in [-0.4, -0.2) is 47.7 Å². The molecule has 1 atom stereocenters. The molecule has 1 heterocycles. The van der Waals surface area contributed by atoms with Crippen LogP contribution >= 0.6 is 0 Å². The summed E-state index contributed by atoms with van der Waals surface area (Å²) in [6.07, 6.45) is 5.06. The third-order valence-electron chi connectivity index (χ3n) is 4.68. The minimum absolute atomic E-state index is 0.000289. The van der Waals surface area contributed by atoms with E-state index in [0.29, 0.717) is 18.0 Å². The summed E-state index contributed by atoms with van der Waals surface area (Å²) in [7, 11) is 2.16. The maximum absolute atomic E-state index is 12.2. The zero-order valence-corrected chi connectivity index (χ0v) is 14.6. The summed E-state index contributed by atoms with van der Waals surface area (Å²) in [5, 5.41) is 12.8. The fourth-order valence-corrected chi connectivity index (χ4v) is 3.07. The summed E-state index contributed by atoms with van der Waals surface area (Å²) in [6.45, 7) is 5.53. The van der Waals surface area contributed by atoms with E-state index >= 15 is 0 Å². The van der Waals surface area contributed by atoms with Crippen molar-refractivity contribution in [3.63, 3.8) is 0 Å². The molecule has 1 aromatic rings. The number of hydrogen-bond acceptors (Lipinski definition) is 3. The number of rotatable bonds is 7. The first-order valence-corrected chi connectivity index (χ1v) is 8.65. The van der Waals surface area contributed by atoms with Crippen molar-refractivity contribution in [2.24, 2.45) is 0 Å². The van der Waals surface area contributed by atoms with Crippen LogP contribution in [0, 0.1) is 0 Å². The molecule has 0 bridgehead atoms. The molecule has 128 valence electrons. The van der Waals surface area contributed by atoms with E-state index in [1.165, 1.54) is 19.4 Å². The number of amides is 1. The van der Waals surface area contributed by atoms with Crippen molar-refractivity contribution in [3.05, 3.63) is 35.4 Å². The van der Waals surface area contributed by atoms with Crippen LogP contribution in [0.15, 0.2) is 24.3 Å². The number of nitrogens with one attached hydrogen (secondary N) is 1. The first kappa shape index (κ1) is 18.0. The third kappa shape index (κ3) is 5.96. The van der Waals surface area contributed by atoms with Crippen LogP contribution < -0.4 is 5.32 Å². The second kappa shape index (κ2) is 7.93. The van der Waals surface area contributed by atoms with Gasteiger partial charge < -0.3 is 15.3 Å². The topological polar surface area (TPSA) is 52.6 Å². The molecule has 1 saturated heterocycles. The highest BCUT2D eigenvalue weighted by Gasteiger charge is 2.20. The fourth-order valence-electron chi connectivity index (χ4n) is 3.07. The number of hydrogen-bond donors (Lipinski definition) is 2. The van der Waals surface area contributed by atoms with Crippen LogP contribution in [0.4, 0.5) is 0 Å². The van der Waals surface area contributed by atoms with E-state index in [1.807, 2.05) is 38.1 Å². The lowest BCUT2D eigenvalue weighted by molar-refractivity contribution is 0.0713. The van der Waals surface area contributed by atoms with Crippen LogP contribution in [-0.2, 0) is 6.42 Å². The van der Waals surface area contributed by atoms with Crippen molar-refractivity contribution in [1.29, 1.82) is 0 Å². The van der Waals surface area contributed by atoms with Crippen molar-refractivity contribution in [2.75, 3.05) is 20.1 Å². The summed E-state index contributed by atoms with van der Waals surface area (Å²) in [4.78, 5) is 14.5. The molecular weight excluding hydrogens is 288 g/mol. The van der Waals surface area contributed by atoms with Gasteiger partial charge in [0.05, 0.1) is 5.60 Å². The van der Waals surface area contributed by atoms with Crippen LogP contribution in [0.25, 0.3) is 0 Å². The van der Waals surface area contributed by atoms with Gasteiger partial charge in [-0.25, -0.2) is 0 Å². The minimum Gasteiger partial charge on any atom is -0.390 e. The Labute approximate surface area is 139 Å². The van der Waals surface area contributed by atoms with Crippen molar-refractivity contribution < 1.29 is 9.90 Å². The molecule has 0 saturated carbocycles. The molecule has 1 fully saturated rings. The van der Waals surface area contributed by atoms with Crippen molar-refractivity contribution in [2.45, 2.75) is 57.6 Å². The Kier molecular flexibility index (Phi) is 6.19. The summed E-state index contributed by atoms with van der Waals surface area (Å²) < 4.78 is 0. The maximum Gasteiger partial charge on any atom is 0.251 e. The van der Waals surface area contributed by atoms with Gasteiger partial charge in [-0.1, -0.05) is 12.1 Å². The van der Waals surface area contributed by atoms with Gasteiger partial charge in [0.1, 0.15) is 0 Å². The molecule has 23 heavy (non-hydrogen) atoms. The van der Waals surface area contributed by atoms with E-state index < -0.39 is 5.60 Å². The van der Waals surface area contributed by atoms with E-state index in [1.54, 1.807) is 0 Å². The summed E-state index contributed by atoms with van der Waals surface area (Å²) >= 11 is 0. The zero-order valence-electron chi connectivity index (χ0n) is 14.6. The predicted molar refractivity (Wildman–Crippen MR) is 93.7 cm³/mol. The molecule has 0 radical (unpaired) electrons. The Bertz CT molecular complexity index is 505. The number of aryl methyl sites for hydroxylation is 1. The second-order valence-corrected chi connectivity index (χ2v) is 7.33. The van der Waals surface area contributed by atoms with Crippen molar-refractivity contribution in [1.82, 2.24) is 10.2 Å². The van der Waals surface area contributed by atoms with E-state index in [9.17, 15) is 9.90 Å².